The predicted molar refractivity (Wildman–Crippen MR) is 74.5 cm³/mol. The second-order valence-electron chi connectivity index (χ2n) is 5.00. The molecule has 0 aliphatic carbocycles. The maximum Gasteiger partial charge on any atom is 0.258 e. The number of ether oxygens (including phenoxy) is 1. The highest BCUT2D eigenvalue weighted by Crippen LogP contribution is 2.27. The fourth-order valence-electron chi connectivity index (χ4n) is 2.08. The first-order chi connectivity index (χ1) is 9.07. The highest BCUT2D eigenvalue weighted by molar-refractivity contribution is 7.15. The molecule has 0 aromatic carbocycles. The van der Waals surface area contributed by atoms with Crippen LogP contribution in [0.5, 0.6) is 0 Å². The van der Waals surface area contributed by atoms with Crippen molar-refractivity contribution in [1.29, 1.82) is 0 Å². The summed E-state index contributed by atoms with van der Waals surface area (Å²) in [4.78, 5) is 12.4. The van der Waals surface area contributed by atoms with Crippen molar-refractivity contribution in [3.05, 3.63) is 5.01 Å². The average molecular weight is 284 g/mol. The summed E-state index contributed by atoms with van der Waals surface area (Å²) < 4.78 is 5.47. The summed E-state index contributed by atoms with van der Waals surface area (Å²) in [7, 11) is 1.59. The third-order valence-electron chi connectivity index (χ3n) is 3.37. The molecule has 1 amide bonds. The Kier molecular flexibility index (Phi) is 4.49. The Hall–Kier alpha value is -1.05. The summed E-state index contributed by atoms with van der Waals surface area (Å²) in [6.07, 6.45) is 1.34. The molecule has 2 rings (SSSR count). The fraction of sp³-hybridized carbons (Fsp3) is 0.750. The van der Waals surface area contributed by atoms with Gasteiger partial charge in [0.2, 0.25) is 5.13 Å². The van der Waals surface area contributed by atoms with Crippen molar-refractivity contribution >= 4 is 22.4 Å². The highest BCUT2D eigenvalue weighted by Gasteiger charge is 2.40. The van der Waals surface area contributed by atoms with Crippen LogP contribution >= 0.6 is 11.3 Å². The zero-order chi connectivity index (χ0) is 13.9. The molecule has 1 fully saturated rings. The van der Waals surface area contributed by atoms with Crippen molar-refractivity contribution in [3.63, 3.8) is 0 Å². The van der Waals surface area contributed by atoms with Crippen molar-refractivity contribution < 1.29 is 9.53 Å². The van der Waals surface area contributed by atoms with Gasteiger partial charge in [0.25, 0.3) is 5.91 Å². The van der Waals surface area contributed by atoms with E-state index in [1.807, 2.05) is 0 Å². The summed E-state index contributed by atoms with van der Waals surface area (Å²) >= 11 is 1.42. The fourth-order valence-corrected chi connectivity index (χ4v) is 2.82. The van der Waals surface area contributed by atoms with E-state index in [4.69, 9.17) is 4.74 Å². The number of aromatic nitrogens is 2. The van der Waals surface area contributed by atoms with E-state index in [1.54, 1.807) is 7.11 Å². The number of nitrogens with one attached hydrogen (secondary N) is 2. The van der Waals surface area contributed by atoms with Crippen molar-refractivity contribution in [2.75, 3.05) is 25.5 Å². The van der Waals surface area contributed by atoms with Gasteiger partial charge in [0.1, 0.15) is 10.6 Å². The lowest BCUT2D eigenvalue weighted by molar-refractivity contribution is -0.140. The zero-order valence-corrected chi connectivity index (χ0v) is 12.3. The molecule has 2 heterocycles. The first kappa shape index (κ1) is 14.4. The van der Waals surface area contributed by atoms with Crippen LogP contribution in [0.2, 0.25) is 0 Å². The average Bonchev–Trinajstić information content (AvgIpc) is 2.88. The Bertz CT molecular complexity index is 441. The van der Waals surface area contributed by atoms with Gasteiger partial charge >= 0.3 is 0 Å². The normalized spacial score (nSPS) is 18.5. The van der Waals surface area contributed by atoms with Gasteiger partial charge in [-0.25, -0.2) is 0 Å². The molecule has 0 radical (unpaired) electrons. The van der Waals surface area contributed by atoms with E-state index in [-0.39, 0.29) is 5.91 Å². The zero-order valence-electron chi connectivity index (χ0n) is 11.5. The van der Waals surface area contributed by atoms with Gasteiger partial charge in [-0.2, -0.15) is 0 Å². The van der Waals surface area contributed by atoms with Gasteiger partial charge < -0.3 is 10.1 Å². The van der Waals surface area contributed by atoms with Gasteiger partial charge in [0, 0.05) is 13.0 Å². The van der Waals surface area contributed by atoms with Crippen molar-refractivity contribution in [2.45, 2.75) is 38.2 Å². The van der Waals surface area contributed by atoms with Gasteiger partial charge in [-0.3, -0.25) is 10.1 Å². The molecule has 106 valence electrons. The number of carbonyl (C=O) groups is 1. The van der Waals surface area contributed by atoms with Crippen LogP contribution in [0.25, 0.3) is 0 Å². The molecule has 0 bridgehead atoms. The third-order valence-corrected chi connectivity index (χ3v) is 4.51. The molecule has 0 saturated carbocycles. The third kappa shape index (κ3) is 3.10. The molecule has 6 nitrogen and oxygen atoms in total. The minimum Gasteiger partial charge on any atom is -0.368 e. The minimum atomic E-state index is -0.741. The molecule has 19 heavy (non-hydrogen) atoms. The molecule has 1 aromatic rings. The van der Waals surface area contributed by atoms with Gasteiger partial charge in [-0.05, 0) is 25.9 Å². The van der Waals surface area contributed by atoms with Crippen molar-refractivity contribution in [3.8, 4) is 0 Å². The molecule has 1 aliphatic rings. The maximum atomic E-state index is 12.4. The van der Waals surface area contributed by atoms with Crippen LogP contribution in [0.15, 0.2) is 0 Å². The number of nitrogens with zero attached hydrogens (tertiary/aromatic N) is 2. The standard InChI is InChI=1S/C12H20N4O2S/c1-8(2)9-15-16-11(19-9)14-10(17)12(18-3)4-6-13-7-5-12/h8,13H,4-7H2,1-3H3,(H,14,16,17). The molecule has 0 spiro atoms. The topological polar surface area (TPSA) is 76.1 Å². The van der Waals surface area contributed by atoms with Crippen LogP contribution in [0.1, 0.15) is 37.6 Å². The molecular formula is C12H20N4O2S. The summed E-state index contributed by atoms with van der Waals surface area (Å²) in [6.45, 7) is 5.67. The SMILES string of the molecule is COC1(C(=O)Nc2nnc(C(C)C)s2)CCNCC1. The number of anilines is 1. The number of hydrogen-bond acceptors (Lipinski definition) is 6. The quantitative estimate of drug-likeness (QED) is 0.873. The Morgan fingerprint density at radius 1 is 1.42 bits per heavy atom. The Morgan fingerprint density at radius 3 is 2.63 bits per heavy atom. The molecular weight excluding hydrogens is 264 g/mol. The van der Waals surface area contributed by atoms with E-state index < -0.39 is 5.60 Å². The summed E-state index contributed by atoms with van der Waals surface area (Å²) in [5.41, 5.74) is -0.741. The monoisotopic (exact) mass is 284 g/mol. The molecule has 0 unspecified atom stereocenters. The Morgan fingerprint density at radius 2 is 2.11 bits per heavy atom. The molecule has 0 atom stereocenters. The van der Waals surface area contributed by atoms with E-state index in [0.717, 1.165) is 18.1 Å². The predicted octanol–water partition coefficient (Wildman–Crippen LogP) is 1.37. The van der Waals surface area contributed by atoms with Crippen LogP contribution in [-0.4, -0.2) is 41.9 Å². The second kappa shape index (κ2) is 5.94. The van der Waals surface area contributed by atoms with Crippen molar-refractivity contribution in [2.24, 2.45) is 0 Å². The summed E-state index contributed by atoms with van der Waals surface area (Å²) in [6, 6.07) is 0. The molecule has 1 aromatic heterocycles. The van der Waals surface area contributed by atoms with Crippen LogP contribution in [0, 0.1) is 0 Å². The van der Waals surface area contributed by atoms with Crippen LogP contribution in [0.4, 0.5) is 5.13 Å². The number of piperidine rings is 1. The highest BCUT2D eigenvalue weighted by atomic mass is 32.1. The molecule has 2 N–H and O–H groups in total. The van der Waals surface area contributed by atoms with Gasteiger partial charge in [-0.15, -0.1) is 10.2 Å². The van der Waals surface area contributed by atoms with E-state index in [1.165, 1.54) is 11.3 Å². The van der Waals surface area contributed by atoms with E-state index in [2.05, 4.69) is 34.7 Å². The first-order valence-corrected chi connectivity index (χ1v) is 7.30. The van der Waals surface area contributed by atoms with E-state index in [0.29, 0.717) is 23.9 Å². The lowest BCUT2D eigenvalue weighted by Crippen LogP contribution is -2.51. The number of amides is 1. The lowest BCUT2D eigenvalue weighted by atomic mass is 9.91. The van der Waals surface area contributed by atoms with Crippen LogP contribution < -0.4 is 10.6 Å². The maximum absolute atomic E-state index is 12.4. The number of methoxy groups -OCH3 is 1. The lowest BCUT2D eigenvalue weighted by Gasteiger charge is -2.34. The number of hydrogen-bond donors (Lipinski definition) is 2. The second-order valence-corrected chi connectivity index (χ2v) is 6.01. The Balaban J connectivity index is 2.06. The van der Waals surface area contributed by atoms with Gasteiger partial charge in [0.15, 0.2) is 0 Å². The Labute approximate surface area is 116 Å². The first-order valence-electron chi connectivity index (χ1n) is 6.48. The molecule has 7 heteroatoms. The number of carbonyl (C=O) groups excluding carboxylic acids is 1. The smallest absolute Gasteiger partial charge is 0.258 e. The summed E-state index contributed by atoms with van der Waals surface area (Å²) in [5.74, 6) is 0.196. The summed E-state index contributed by atoms with van der Waals surface area (Å²) in [5, 5.41) is 15.6. The van der Waals surface area contributed by atoms with Crippen molar-refractivity contribution in [1.82, 2.24) is 15.5 Å². The molecule has 1 aliphatic heterocycles. The van der Waals surface area contributed by atoms with Gasteiger partial charge in [0.05, 0.1) is 0 Å². The van der Waals surface area contributed by atoms with E-state index in [9.17, 15) is 4.79 Å². The van der Waals surface area contributed by atoms with Gasteiger partial charge in [-0.1, -0.05) is 25.2 Å². The van der Waals surface area contributed by atoms with Crippen LogP contribution in [-0.2, 0) is 9.53 Å². The largest absolute Gasteiger partial charge is 0.368 e. The minimum absolute atomic E-state index is 0.122. The van der Waals surface area contributed by atoms with E-state index >= 15 is 0 Å². The van der Waals surface area contributed by atoms with Crippen LogP contribution in [0.3, 0.4) is 0 Å². The molecule has 1 saturated heterocycles. The number of rotatable bonds is 4.